The van der Waals surface area contributed by atoms with Crippen molar-refractivity contribution in [2.24, 2.45) is 17.8 Å². The topological polar surface area (TPSA) is 75.9 Å². The van der Waals surface area contributed by atoms with Crippen LogP contribution in [0.25, 0.3) is 5.52 Å². The minimum absolute atomic E-state index is 0.0288. The van der Waals surface area contributed by atoms with Crippen molar-refractivity contribution in [2.75, 3.05) is 13.1 Å². The van der Waals surface area contributed by atoms with Gasteiger partial charge in [0.25, 0.3) is 0 Å². The summed E-state index contributed by atoms with van der Waals surface area (Å²) in [5.41, 5.74) is -2.76. The number of rotatable bonds is 3. The monoisotopic (exact) mass is 452 g/mol. The lowest BCUT2D eigenvalue weighted by Crippen LogP contribution is -2.45. The molecule has 1 N–H and O–H groups in total. The van der Waals surface area contributed by atoms with Gasteiger partial charge in [-0.15, -0.1) is 0 Å². The molecular weight excluding hydrogens is 425 g/mol. The summed E-state index contributed by atoms with van der Waals surface area (Å²) in [6, 6.07) is 4.49. The average molecular weight is 452 g/mol. The molecule has 2 aromatic heterocycles. The van der Waals surface area contributed by atoms with Gasteiger partial charge in [-0.3, -0.25) is 4.79 Å². The van der Waals surface area contributed by atoms with Crippen molar-refractivity contribution >= 4 is 17.5 Å². The highest BCUT2D eigenvalue weighted by molar-refractivity contribution is 5.84. The quantitative estimate of drug-likeness (QED) is 0.768. The van der Waals surface area contributed by atoms with Crippen LogP contribution >= 0.6 is 0 Å². The molecule has 2 amide bonds. The lowest BCUT2D eigenvalue weighted by atomic mass is 10.0. The predicted octanol–water partition coefficient (Wildman–Crippen LogP) is 3.82. The molecule has 1 saturated heterocycles. The van der Waals surface area contributed by atoms with Crippen LogP contribution in [-0.2, 0) is 21.2 Å². The number of pyridine rings is 1. The lowest BCUT2D eigenvalue weighted by molar-refractivity contribution is -0.139. The Hall–Kier alpha value is -2.78. The average Bonchev–Trinajstić information content (AvgIpc) is 3.00. The van der Waals surface area contributed by atoms with E-state index in [1.165, 1.54) is 22.7 Å². The summed E-state index contributed by atoms with van der Waals surface area (Å²) in [4.78, 5) is 30.6. The zero-order chi connectivity index (χ0) is 23.6. The van der Waals surface area contributed by atoms with E-state index in [1.54, 1.807) is 45.6 Å². The molecular formula is C22H27F3N4O3. The number of hydrogen-bond acceptors (Lipinski definition) is 4. The van der Waals surface area contributed by atoms with Crippen molar-refractivity contribution < 1.29 is 27.5 Å². The van der Waals surface area contributed by atoms with Gasteiger partial charge in [-0.2, -0.15) is 13.2 Å². The molecule has 0 radical (unpaired) electrons. The van der Waals surface area contributed by atoms with Crippen LogP contribution in [0.5, 0.6) is 0 Å². The number of piperidine rings is 1. The second-order valence-corrected chi connectivity index (χ2v) is 10.1. The third-order valence-electron chi connectivity index (χ3n) is 5.96. The van der Waals surface area contributed by atoms with Crippen LogP contribution in [-0.4, -0.2) is 45.0 Å². The summed E-state index contributed by atoms with van der Waals surface area (Å²) in [5, 5.41) is 2.88. The fraction of sp³-hybridized carbons (Fsp3) is 0.591. The van der Waals surface area contributed by atoms with E-state index in [9.17, 15) is 22.8 Å². The van der Waals surface area contributed by atoms with Gasteiger partial charge in [0.1, 0.15) is 11.4 Å². The van der Waals surface area contributed by atoms with Crippen LogP contribution in [0.1, 0.15) is 46.1 Å². The van der Waals surface area contributed by atoms with E-state index in [0.717, 1.165) is 0 Å². The first-order valence-electron chi connectivity index (χ1n) is 10.5. The van der Waals surface area contributed by atoms with Gasteiger partial charge in [-0.05, 0) is 58.6 Å². The number of carbonyl (C=O) groups excluding carboxylic acids is 2. The number of aromatic nitrogens is 2. The number of nitrogens with one attached hydrogen (secondary N) is 1. The van der Waals surface area contributed by atoms with Gasteiger partial charge >= 0.3 is 12.3 Å². The Morgan fingerprint density at radius 1 is 1.09 bits per heavy atom. The van der Waals surface area contributed by atoms with Crippen LogP contribution in [0.15, 0.2) is 24.4 Å². The van der Waals surface area contributed by atoms with Crippen molar-refractivity contribution in [3.63, 3.8) is 0 Å². The van der Waals surface area contributed by atoms with E-state index in [-0.39, 0.29) is 35.0 Å². The summed E-state index contributed by atoms with van der Waals surface area (Å²) >= 11 is 0. The Balaban J connectivity index is 1.46. The number of fused-ring (bicyclic) bond motifs is 2. The molecule has 4 rings (SSSR count). The maximum absolute atomic E-state index is 13.5. The summed E-state index contributed by atoms with van der Waals surface area (Å²) in [6.45, 7) is 9.53. The highest BCUT2D eigenvalue weighted by Crippen LogP contribution is 2.52. The Labute approximate surface area is 183 Å². The molecule has 2 aromatic rings. The van der Waals surface area contributed by atoms with E-state index in [1.807, 2.05) is 0 Å². The molecule has 0 bridgehead atoms. The molecule has 2 fully saturated rings. The molecule has 0 aromatic carbocycles. The number of ether oxygens (including phenoxy) is 1. The van der Waals surface area contributed by atoms with Gasteiger partial charge in [0.15, 0.2) is 5.69 Å². The lowest BCUT2D eigenvalue weighted by Gasteiger charge is -2.27. The van der Waals surface area contributed by atoms with Crippen LogP contribution < -0.4 is 5.32 Å². The Bertz CT molecular complexity index is 1060. The van der Waals surface area contributed by atoms with Gasteiger partial charge < -0.3 is 19.4 Å². The zero-order valence-electron chi connectivity index (χ0n) is 18.7. The highest BCUT2D eigenvalue weighted by Gasteiger charge is 2.61. The fourth-order valence-corrected chi connectivity index (χ4v) is 4.53. The van der Waals surface area contributed by atoms with Crippen molar-refractivity contribution in [2.45, 2.75) is 51.9 Å². The fourth-order valence-electron chi connectivity index (χ4n) is 4.53. The van der Waals surface area contributed by atoms with Crippen LogP contribution in [0.4, 0.5) is 18.0 Å². The minimum atomic E-state index is -4.61. The first kappa shape index (κ1) is 22.4. The SMILES string of the molecule is CC(C)(C)OC(=O)N1C[C@@H]2[C@H](C1)[C@H]2C(=O)NC(C)(C)c1nc(C(F)(F)F)c2ccccn12. The first-order valence-corrected chi connectivity index (χ1v) is 10.5. The smallest absolute Gasteiger partial charge is 0.435 e. The minimum Gasteiger partial charge on any atom is -0.444 e. The number of amides is 2. The maximum atomic E-state index is 13.5. The molecule has 3 atom stereocenters. The van der Waals surface area contributed by atoms with E-state index in [2.05, 4.69) is 10.3 Å². The third-order valence-corrected chi connectivity index (χ3v) is 5.96. The maximum Gasteiger partial charge on any atom is 0.435 e. The molecule has 1 saturated carbocycles. The number of imidazole rings is 1. The van der Waals surface area contributed by atoms with E-state index in [0.29, 0.717) is 13.1 Å². The number of hydrogen-bond donors (Lipinski definition) is 1. The zero-order valence-corrected chi connectivity index (χ0v) is 18.7. The van der Waals surface area contributed by atoms with Crippen LogP contribution in [0.3, 0.4) is 0 Å². The molecule has 2 aliphatic rings. The Morgan fingerprint density at radius 3 is 2.28 bits per heavy atom. The third kappa shape index (κ3) is 4.02. The van der Waals surface area contributed by atoms with Crippen molar-refractivity contribution in [3.8, 4) is 0 Å². The van der Waals surface area contributed by atoms with Gasteiger partial charge in [0.2, 0.25) is 5.91 Å². The number of likely N-dealkylation sites (tertiary alicyclic amines) is 1. The van der Waals surface area contributed by atoms with Crippen LogP contribution in [0, 0.1) is 17.8 Å². The van der Waals surface area contributed by atoms with Gasteiger partial charge in [-0.25, -0.2) is 9.78 Å². The molecule has 10 heteroatoms. The van der Waals surface area contributed by atoms with Gasteiger partial charge in [0, 0.05) is 25.2 Å². The predicted molar refractivity (Wildman–Crippen MR) is 110 cm³/mol. The summed E-state index contributed by atoms with van der Waals surface area (Å²) < 4.78 is 47.2. The van der Waals surface area contributed by atoms with E-state index < -0.39 is 29.1 Å². The molecule has 1 aliphatic heterocycles. The Kier molecular flexibility index (Phi) is 4.98. The summed E-state index contributed by atoms with van der Waals surface area (Å²) in [5.74, 6) is -0.353. The highest BCUT2D eigenvalue weighted by atomic mass is 19.4. The molecule has 1 aliphatic carbocycles. The first-order chi connectivity index (χ1) is 14.7. The molecule has 174 valence electrons. The molecule has 32 heavy (non-hydrogen) atoms. The molecule has 7 nitrogen and oxygen atoms in total. The van der Waals surface area contributed by atoms with Gasteiger partial charge in [0.05, 0.1) is 11.1 Å². The standard InChI is InChI=1S/C22H27F3N4O3/c1-20(2,3)32-19(31)28-10-12-13(11-28)15(12)17(30)27-21(4,5)18-26-16(22(23,24)25)14-8-6-7-9-29(14)18/h6-9,12-13,15H,10-11H2,1-5H3,(H,27,30)/t12-,13+,15+. The number of alkyl halides is 3. The number of nitrogens with zero attached hydrogens (tertiary/aromatic N) is 3. The van der Waals surface area contributed by atoms with Crippen LogP contribution in [0.2, 0.25) is 0 Å². The summed E-state index contributed by atoms with van der Waals surface area (Å²) in [7, 11) is 0. The second-order valence-electron chi connectivity index (χ2n) is 10.1. The normalized spacial score (nSPS) is 23.2. The molecule has 3 heterocycles. The Morgan fingerprint density at radius 2 is 1.72 bits per heavy atom. The van der Waals surface area contributed by atoms with Crippen molar-refractivity contribution in [3.05, 3.63) is 35.9 Å². The largest absolute Gasteiger partial charge is 0.444 e. The van der Waals surface area contributed by atoms with Crippen molar-refractivity contribution in [1.82, 2.24) is 19.6 Å². The number of halogens is 3. The summed E-state index contributed by atoms with van der Waals surface area (Å²) in [6.07, 6.45) is -3.50. The van der Waals surface area contributed by atoms with E-state index >= 15 is 0 Å². The second kappa shape index (κ2) is 7.11. The van der Waals surface area contributed by atoms with Gasteiger partial charge in [-0.1, -0.05) is 6.07 Å². The molecule has 0 unspecified atom stereocenters. The van der Waals surface area contributed by atoms with Crippen molar-refractivity contribution in [1.29, 1.82) is 0 Å². The number of carbonyl (C=O) groups is 2. The molecule has 0 spiro atoms. The van der Waals surface area contributed by atoms with E-state index in [4.69, 9.17) is 4.74 Å².